The van der Waals surface area contributed by atoms with Gasteiger partial charge in [0.25, 0.3) is 0 Å². The number of hydrogen-bond acceptors (Lipinski definition) is 5. The van der Waals surface area contributed by atoms with Crippen molar-refractivity contribution in [3.05, 3.63) is 71.4 Å². The second kappa shape index (κ2) is 9.94. The Hall–Kier alpha value is -2.99. The summed E-state index contributed by atoms with van der Waals surface area (Å²) in [5.41, 5.74) is -0.239. The second-order valence-electron chi connectivity index (χ2n) is 8.19. The lowest BCUT2D eigenvalue weighted by atomic mass is 10.0. The molecule has 0 amide bonds. The van der Waals surface area contributed by atoms with Crippen LogP contribution in [0.4, 0.5) is 30.7 Å². The van der Waals surface area contributed by atoms with E-state index in [1.807, 2.05) is 0 Å². The van der Waals surface area contributed by atoms with E-state index in [1.165, 1.54) is 29.2 Å². The highest BCUT2D eigenvalue weighted by atomic mass is 19.4. The summed E-state index contributed by atoms with van der Waals surface area (Å²) in [5.74, 6) is -2.60. The van der Waals surface area contributed by atoms with Crippen LogP contribution < -0.4 is 0 Å². The summed E-state index contributed by atoms with van der Waals surface area (Å²) in [6.45, 7) is -0.164. The largest absolute Gasteiger partial charge is 0.421 e. The van der Waals surface area contributed by atoms with Crippen molar-refractivity contribution in [2.45, 2.75) is 24.9 Å². The summed E-state index contributed by atoms with van der Waals surface area (Å²) in [7, 11) is 0. The van der Waals surface area contributed by atoms with Crippen molar-refractivity contribution in [1.82, 2.24) is 15.1 Å². The standard InChI is InChI=1S/C23H20F7N3O2/c24-18-6-4-14(5-7-18)21-32-31-20(35-21)11-17(23(28,29)30)12-33-8-9-34-19(13-33)15-2-1-3-16(10-15)22(25,26)27/h1-7,10,17,19H,8-9,11-13H2. The zero-order valence-electron chi connectivity index (χ0n) is 18.1. The van der Waals surface area contributed by atoms with Crippen LogP contribution in [-0.4, -0.2) is 47.5 Å². The molecule has 0 radical (unpaired) electrons. The molecule has 2 aromatic carbocycles. The number of alkyl halides is 6. The summed E-state index contributed by atoms with van der Waals surface area (Å²) in [5, 5.41) is 7.44. The van der Waals surface area contributed by atoms with Gasteiger partial charge in [0.15, 0.2) is 0 Å². The number of nitrogens with zero attached hydrogens (tertiary/aromatic N) is 3. The van der Waals surface area contributed by atoms with Gasteiger partial charge in [-0.25, -0.2) is 4.39 Å². The van der Waals surface area contributed by atoms with Gasteiger partial charge in [0.05, 0.1) is 24.2 Å². The Morgan fingerprint density at radius 2 is 1.74 bits per heavy atom. The summed E-state index contributed by atoms with van der Waals surface area (Å²) in [6, 6.07) is 9.64. The highest BCUT2D eigenvalue weighted by Crippen LogP contribution is 2.34. The molecule has 5 nitrogen and oxygen atoms in total. The molecule has 1 aliphatic rings. The van der Waals surface area contributed by atoms with Crippen LogP contribution in [0.2, 0.25) is 0 Å². The number of ether oxygens (including phenoxy) is 1. The van der Waals surface area contributed by atoms with E-state index in [-0.39, 0.29) is 37.0 Å². The van der Waals surface area contributed by atoms with Crippen LogP contribution in [0, 0.1) is 11.7 Å². The van der Waals surface area contributed by atoms with Crippen molar-refractivity contribution in [3.63, 3.8) is 0 Å². The van der Waals surface area contributed by atoms with Gasteiger partial charge < -0.3 is 9.15 Å². The molecule has 3 aromatic rings. The van der Waals surface area contributed by atoms with E-state index < -0.39 is 48.7 Å². The molecular formula is C23H20F7N3O2. The van der Waals surface area contributed by atoms with E-state index in [1.54, 1.807) is 0 Å². The molecule has 12 heteroatoms. The number of halogens is 7. The first-order valence-corrected chi connectivity index (χ1v) is 10.6. The van der Waals surface area contributed by atoms with Gasteiger partial charge in [-0.1, -0.05) is 12.1 Å². The summed E-state index contributed by atoms with van der Waals surface area (Å²) in [4.78, 5) is 1.50. The first kappa shape index (κ1) is 25.1. The van der Waals surface area contributed by atoms with Crippen LogP contribution in [0.25, 0.3) is 11.5 Å². The van der Waals surface area contributed by atoms with Crippen LogP contribution in [-0.2, 0) is 17.3 Å². The molecule has 35 heavy (non-hydrogen) atoms. The van der Waals surface area contributed by atoms with E-state index in [4.69, 9.17) is 9.15 Å². The first-order valence-electron chi connectivity index (χ1n) is 10.6. The normalized spacial score (nSPS) is 18.5. The molecule has 1 aliphatic heterocycles. The SMILES string of the molecule is Fc1ccc(-c2nnc(CC(CN3CCOC(c4cccc(C(F)(F)F)c4)C3)C(F)(F)F)o2)cc1. The topological polar surface area (TPSA) is 51.4 Å². The third kappa shape index (κ3) is 6.37. The molecule has 0 spiro atoms. The molecule has 1 saturated heterocycles. The minimum absolute atomic E-state index is 0.00144. The first-order chi connectivity index (χ1) is 16.5. The fourth-order valence-electron chi connectivity index (χ4n) is 3.84. The monoisotopic (exact) mass is 503 g/mol. The predicted molar refractivity (Wildman–Crippen MR) is 110 cm³/mol. The maximum atomic E-state index is 13.8. The molecule has 4 rings (SSSR count). The Labute approximate surface area is 195 Å². The molecular weight excluding hydrogens is 483 g/mol. The number of aromatic nitrogens is 2. The van der Waals surface area contributed by atoms with Gasteiger partial charge in [0.1, 0.15) is 5.82 Å². The number of benzene rings is 2. The van der Waals surface area contributed by atoms with Crippen LogP contribution in [0.15, 0.2) is 52.9 Å². The highest BCUT2D eigenvalue weighted by molar-refractivity contribution is 5.51. The smallest absolute Gasteiger partial charge is 0.416 e. The summed E-state index contributed by atoms with van der Waals surface area (Å²) in [6.07, 6.45) is -10.5. The van der Waals surface area contributed by atoms with E-state index in [0.29, 0.717) is 5.56 Å². The van der Waals surface area contributed by atoms with E-state index in [0.717, 1.165) is 24.3 Å². The molecule has 188 valence electrons. The highest BCUT2D eigenvalue weighted by Gasteiger charge is 2.42. The lowest BCUT2D eigenvalue weighted by Crippen LogP contribution is -2.44. The predicted octanol–water partition coefficient (Wildman–Crippen LogP) is 5.69. The second-order valence-corrected chi connectivity index (χ2v) is 8.19. The number of rotatable bonds is 6. The average molecular weight is 503 g/mol. The van der Waals surface area contributed by atoms with Crippen molar-refractivity contribution in [2.75, 3.05) is 26.2 Å². The Morgan fingerprint density at radius 1 is 1.00 bits per heavy atom. The van der Waals surface area contributed by atoms with Crippen molar-refractivity contribution in [2.24, 2.45) is 5.92 Å². The van der Waals surface area contributed by atoms with Gasteiger partial charge in [-0.15, -0.1) is 10.2 Å². The average Bonchev–Trinajstić information content (AvgIpc) is 3.27. The van der Waals surface area contributed by atoms with Gasteiger partial charge >= 0.3 is 12.4 Å². The Balaban J connectivity index is 1.45. The van der Waals surface area contributed by atoms with Gasteiger partial charge in [-0.3, -0.25) is 4.90 Å². The minimum Gasteiger partial charge on any atom is -0.421 e. The molecule has 0 N–H and O–H groups in total. The Kier molecular flexibility index (Phi) is 7.13. The molecule has 1 fully saturated rings. The fraction of sp³-hybridized carbons (Fsp3) is 0.391. The zero-order chi connectivity index (χ0) is 25.2. The third-order valence-electron chi connectivity index (χ3n) is 5.66. The Bertz CT molecular complexity index is 1130. The molecule has 2 atom stereocenters. The van der Waals surface area contributed by atoms with E-state index >= 15 is 0 Å². The molecule has 1 aromatic heterocycles. The van der Waals surface area contributed by atoms with Gasteiger partial charge in [0, 0.05) is 31.6 Å². The lowest BCUT2D eigenvalue weighted by molar-refractivity contribution is -0.183. The summed E-state index contributed by atoms with van der Waals surface area (Å²) < 4.78 is 105. The maximum Gasteiger partial charge on any atom is 0.416 e. The van der Waals surface area contributed by atoms with Crippen LogP contribution in [0.1, 0.15) is 23.1 Å². The maximum absolute atomic E-state index is 13.8. The Morgan fingerprint density at radius 3 is 2.43 bits per heavy atom. The van der Waals surface area contributed by atoms with Gasteiger partial charge in [-0.05, 0) is 42.0 Å². The van der Waals surface area contributed by atoms with Crippen LogP contribution >= 0.6 is 0 Å². The summed E-state index contributed by atoms with van der Waals surface area (Å²) >= 11 is 0. The van der Waals surface area contributed by atoms with E-state index in [9.17, 15) is 30.7 Å². The molecule has 0 bridgehead atoms. The van der Waals surface area contributed by atoms with Crippen molar-refractivity contribution in [3.8, 4) is 11.5 Å². The van der Waals surface area contributed by atoms with Crippen molar-refractivity contribution in [1.29, 1.82) is 0 Å². The molecule has 2 heterocycles. The minimum atomic E-state index is -4.59. The number of morpholine rings is 1. The third-order valence-corrected chi connectivity index (χ3v) is 5.66. The quantitative estimate of drug-likeness (QED) is 0.405. The van der Waals surface area contributed by atoms with Crippen molar-refractivity contribution < 1.29 is 39.9 Å². The van der Waals surface area contributed by atoms with Gasteiger partial charge in [-0.2, -0.15) is 26.3 Å². The fourth-order valence-corrected chi connectivity index (χ4v) is 3.84. The van der Waals surface area contributed by atoms with Crippen molar-refractivity contribution >= 4 is 0 Å². The molecule has 2 unspecified atom stereocenters. The van der Waals surface area contributed by atoms with Crippen LogP contribution in [0.5, 0.6) is 0 Å². The lowest BCUT2D eigenvalue weighted by Gasteiger charge is -2.35. The number of hydrogen-bond donors (Lipinski definition) is 0. The zero-order valence-corrected chi connectivity index (χ0v) is 18.1. The van der Waals surface area contributed by atoms with Crippen LogP contribution in [0.3, 0.4) is 0 Å². The molecule has 0 aliphatic carbocycles. The van der Waals surface area contributed by atoms with E-state index in [2.05, 4.69) is 10.2 Å². The molecule has 0 saturated carbocycles. The van der Waals surface area contributed by atoms with Gasteiger partial charge in [0.2, 0.25) is 11.8 Å².